The fourth-order valence-electron chi connectivity index (χ4n) is 19.1. The van der Waals surface area contributed by atoms with Gasteiger partial charge in [-0.25, -0.2) is 0 Å². The second-order valence-corrected chi connectivity index (χ2v) is 60.8. The summed E-state index contributed by atoms with van der Waals surface area (Å²) in [6, 6.07) is 0. The van der Waals surface area contributed by atoms with E-state index in [1.54, 1.807) is 0 Å². The van der Waals surface area contributed by atoms with Gasteiger partial charge in [-0.05, 0) is 363 Å². The van der Waals surface area contributed by atoms with Crippen molar-refractivity contribution in [1.82, 2.24) is 74.7 Å². The SMILES string of the molecule is CC(C)(C)C1CCN(C(C)(C)C)CC1.CC(C)(C)CCN1CCC(C(C)(C)C)CC1.CC(C)(C)CCN1CCN(C(C)(C)C)CC1.CC(C)(C)CNCCN1CCN(CCOC(C)(C)C)CC1.CC(C)(C)COCCN1CCN(CCOC(C)(C)C)CC1.CC(C)(C)NCCN1CCC(C(C)(C)C)CC1.CC(C)(C)NCCN1CCN(C(C)(C)C)CC1.CC(C)(C)OCCN1CCC(C(C)(C)C)CC1. The van der Waals surface area contributed by atoms with Gasteiger partial charge in [0, 0.05) is 204 Å². The van der Waals surface area contributed by atoms with Crippen LogP contribution in [0.2, 0.25) is 0 Å². The van der Waals surface area contributed by atoms with Crippen LogP contribution >= 0.6 is 0 Å². The summed E-state index contributed by atoms with van der Waals surface area (Å²) < 4.78 is 23.1. The van der Waals surface area contributed by atoms with Crippen LogP contribution in [-0.2, 0) is 18.9 Å². The van der Waals surface area contributed by atoms with E-state index in [2.05, 4.69) is 407 Å². The summed E-state index contributed by atoms with van der Waals surface area (Å²) in [5.41, 5.74) is 5.10. The highest BCUT2D eigenvalue weighted by atomic mass is 16.5. The van der Waals surface area contributed by atoms with Crippen molar-refractivity contribution >= 4 is 0 Å². The van der Waals surface area contributed by atoms with E-state index in [-0.39, 0.29) is 33.3 Å². The molecule has 0 bridgehead atoms. The monoisotopic (exact) mass is 1970 g/mol. The molecule has 0 radical (unpaired) electrons. The first kappa shape index (κ1) is 136. The number of likely N-dealkylation sites (tertiary alicyclic amines) is 4. The highest BCUT2D eigenvalue weighted by Crippen LogP contribution is 2.39. The minimum Gasteiger partial charge on any atom is -0.380 e. The third-order valence-corrected chi connectivity index (χ3v) is 29.4. The maximum atomic E-state index is 5.80. The van der Waals surface area contributed by atoms with Gasteiger partial charge in [0.2, 0.25) is 0 Å². The summed E-state index contributed by atoms with van der Waals surface area (Å²) in [6.45, 7) is 158. The zero-order chi connectivity index (χ0) is 107. The number of hydrogen-bond donors (Lipinski definition) is 3. The van der Waals surface area contributed by atoms with Crippen LogP contribution in [0.1, 0.15) is 397 Å². The summed E-state index contributed by atoms with van der Waals surface area (Å²) in [7, 11) is 0. The molecular formula is C120H255N15O4. The van der Waals surface area contributed by atoms with Crippen LogP contribution in [0.3, 0.4) is 0 Å². The second kappa shape index (κ2) is 62.3. The summed E-state index contributed by atoms with van der Waals surface area (Å²) in [5, 5.41) is 10.7. The molecule has 8 saturated heterocycles. The summed E-state index contributed by atoms with van der Waals surface area (Å²) in [4.78, 5) is 30.9. The van der Waals surface area contributed by atoms with E-state index in [1.807, 2.05) is 0 Å². The number of rotatable bonds is 27. The molecule has 0 unspecified atom stereocenters. The molecule has 0 aromatic carbocycles. The summed E-state index contributed by atoms with van der Waals surface area (Å²) >= 11 is 0. The van der Waals surface area contributed by atoms with Gasteiger partial charge in [-0.15, -0.1) is 0 Å². The van der Waals surface area contributed by atoms with Crippen LogP contribution in [-0.4, -0.2) is 378 Å². The van der Waals surface area contributed by atoms with Crippen molar-refractivity contribution in [2.24, 2.45) is 67.0 Å². The quantitative estimate of drug-likeness (QED) is 0.0678. The van der Waals surface area contributed by atoms with Crippen molar-refractivity contribution < 1.29 is 18.9 Å². The van der Waals surface area contributed by atoms with Gasteiger partial charge in [0.25, 0.3) is 0 Å². The second-order valence-electron chi connectivity index (χ2n) is 60.8. The number of piperazine rings is 4. The Balaban J connectivity index is 0.000000797. The van der Waals surface area contributed by atoms with Gasteiger partial charge in [0.05, 0.1) is 49.8 Å². The lowest BCUT2D eigenvalue weighted by atomic mass is 9.75. The first-order chi connectivity index (χ1) is 62.9. The Kier molecular flexibility index (Phi) is 61.0. The van der Waals surface area contributed by atoms with Gasteiger partial charge in [-0.1, -0.05) is 166 Å². The molecule has 19 heteroatoms. The van der Waals surface area contributed by atoms with Crippen LogP contribution in [0.4, 0.5) is 0 Å². The number of hydrogen-bond acceptors (Lipinski definition) is 19. The highest BCUT2D eigenvalue weighted by molar-refractivity contribution is 4.91. The first-order valence-corrected chi connectivity index (χ1v) is 57.4. The van der Waals surface area contributed by atoms with E-state index in [9.17, 15) is 0 Å². The molecule has 0 aromatic heterocycles. The molecule has 8 fully saturated rings. The van der Waals surface area contributed by atoms with Gasteiger partial charge < -0.3 is 54.5 Å². The van der Waals surface area contributed by atoms with E-state index < -0.39 is 0 Å². The van der Waals surface area contributed by atoms with Crippen molar-refractivity contribution in [3.63, 3.8) is 0 Å². The van der Waals surface area contributed by atoms with Crippen LogP contribution < -0.4 is 16.0 Å². The van der Waals surface area contributed by atoms with E-state index in [4.69, 9.17) is 18.9 Å². The largest absolute Gasteiger partial charge is 0.380 e. The predicted molar refractivity (Wildman–Crippen MR) is 614 cm³/mol. The van der Waals surface area contributed by atoms with Gasteiger partial charge >= 0.3 is 0 Å². The molecule has 8 rings (SSSR count). The first-order valence-electron chi connectivity index (χ1n) is 57.4. The summed E-state index contributed by atoms with van der Waals surface area (Å²) in [6.07, 6.45) is 13.6. The van der Waals surface area contributed by atoms with Crippen molar-refractivity contribution in [1.29, 1.82) is 0 Å². The molecule has 8 aliphatic heterocycles. The third kappa shape index (κ3) is 73.9. The number of ether oxygens (including phenoxy) is 4. The Morgan fingerprint density at radius 1 is 0.209 bits per heavy atom. The molecule has 8 heterocycles. The van der Waals surface area contributed by atoms with E-state index in [0.717, 1.165) is 135 Å². The average molecular weight is 1970 g/mol. The Morgan fingerprint density at radius 2 is 0.417 bits per heavy atom. The maximum Gasteiger partial charge on any atom is 0.0600 e. The molecule has 0 aliphatic carbocycles. The average Bonchev–Trinajstić information content (AvgIpc) is 0.820. The van der Waals surface area contributed by atoms with Crippen molar-refractivity contribution in [2.75, 3.05) is 275 Å². The molecular weight excluding hydrogens is 1720 g/mol. The topological polar surface area (TPSA) is 112 Å². The zero-order valence-electron chi connectivity index (χ0n) is 104. The van der Waals surface area contributed by atoms with Crippen LogP contribution in [0.5, 0.6) is 0 Å². The van der Waals surface area contributed by atoms with E-state index in [1.165, 1.54) is 228 Å². The summed E-state index contributed by atoms with van der Waals surface area (Å²) in [5.74, 6) is 3.65. The Labute approximate surface area is 871 Å². The standard InChI is InChI=1S/C17H37N3O.C17H36N2O2.C15H32N2.C15H31NO.C15H31N.C14H31N3.C14H30N2.C13H27N/c1-16(2,3)15-18-7-8-19-9-11-20(12-10-19)13-14-21-17(4,5)6;1-16(2,3)15-20-13-11-18-7-9-19(10-8-18)12-14-21-17(4,5)6;1-14(2,3)13-7-10-17(11-8-13)12-9-16-15(4,5)6;1-14(2,3)13-7-9-16(10-8-13)11-12-17-15(4,5)6;1-14(2,3)9-12-16-10-7-13(8-11-16)15(4,5)6;1-13(2,3)15-7-8-16-9-11-17(12-10-16)14(4,5)6;1-13(2,3)7-8-15-9-11-16(12-10-15)14(4,5)6;1-12(2,3)11-7-9-14(10-8-11)13(4,5)6/h18H,7-15H2,1-6H3;7-15H2,1-6H3;13,16H,7-12H2,1-6H3;13H,7-12H2,1-6H3;13H,7-12H2,1-6H3;15H,7-12H2,1-6H3;7-12H2,1-6H3;11H,7-10H2,1-6H3. The van der Waals surface area contributed by atoms with Crippen LogP contribution in [0, 0.1) is 67.0 Å². The number of piperidine rings is 4. The molecule has 0 spiro atoms. The molecule has 139 heavy (non-hydrogen) atoms. The molecule has 0 atom stereocenters. The minimum absolute atomic E-state index is 0.00370. The van der Waals surface area contributed by atoms with E-state index in [0.29, 0.717) is 54.5 Å². The van der Waals surface area contributed by atoms with E-state index >= 15 is 0 Å². The highest BCUT2D eigenvalue weighted by Gasteiger charge is 2.37. The number of nitrogens with one attached hydrogen (secondary N) is 3. The third-order valence-electron chi connectivity index (χ3n) is 29.4. The van der Waals surface area contributed by atoms with Gasteiger partial charge in [0.1, 0.15) is 0 Å². The van der Waals surface area contributed by atoms with Gasteiger partial charge in [-0.2, -0.15) is 0 Å². The van der Waals surface area contributed by atoms with Crippen molar-refractivity contribution in [2.45, 2.75) is 441 Å². The number of nitrogens with zero attached hydrogens (tertiary/aromatic N) is 12. The molecule has 0 amide bonds. The lowest BCUT2D eigenvalue weighted by Gasteiger charge is -2.44. The van der Waals surface area contributed by atoms with Crippen LogP contribution in [0.15, 0.2) is 0 Å². The molecule has 834 valence electrons. The Bertz CT molecular complexity index is 2730. The molecule has 0 saturated carbocycles. The maximum absolute atomic E-state index is 5.80. The molecule has 8 aliphatic rings. The Hall–Kier alpha value is -0.760. The lowest BCUT2D eigenvalue weighted by Crippen LogP contribution is -2.54. The fraction of sp³-hybridized carbons (Fsp3) is 1.00. The predicted octanol–water partition coefficient (Wildman–Crippen LogP) is 23.6. The van der Waals surface area contributed by atoms with Crippen molar-refractivity contribution in [3.05, 3.63) is 0 Å². The molecule has 3 N–H and O–H groups in total. The van der Waals surface area contributed by atoms with Crippen molar-refractivity contribution in [3.8, 4) is 0 Å². The lowest BCUT2D eigenvalue weighted by molar-refractivity contribution is -0.0194. The fourth-order valence-corrected chi connectivity index (χ4v) is 19.1. The normalized spacial score (nSPS) is 20.6. The molecule has 0 aromatic rings. The van der Waals surface area contributed by atoms with Crippen LogP contribution in [0.25, 0.3) is 0 Å². The minimum atomic E-state index is -0.0216. The molecule has 19 nitrogen and oxygen atoms in total. The van der Waals surface area contributed by atoms with Gasteiger partial charge in [0.15, 0.2) is 0 Å². The Morgan fingerprint density at radius 3 is 0.647 bits per heavy atom. The van der Waals surface area contributed by atoms with Gasteiger partial charge in [-0.3, -0.25) is 39.2 Å². The zero-order valence-corrected chi connectivity index (χ0v) is 104. The smallest absolute Gasteiger partial charge is 0.0600 e.